The lowest BCUT2D eigenvalue weighted by Crippen LogP contribution is -2.21. The number of carbonyl (C=O) groups excluding carboxylic acids is 1. The maximum absolute atomic E-state index is 12.3. The number of Topliss-reactive ketones (excluding diaryl/α,β-unsaturated/α-hetero) is 1. The van der Waals surface area contributed by atoms with Crippen molar-refractivity contribution in [3.63, 3.8) is 0 Å². The average molecular weight is 254 g/mol. The number of rotatable bonds is 4. The SMILES string of the molecule is CN(C)c1ccc(C(=O)[C@@H](N)c2ccccc2)cc1. The molecule has 0 aliphatic carbocycles. The molecule has 0 unspecified atom stereocenters. The first-order valence-electron chi connectivity index (χ1n) is 6.21. The molecule has 19 heavy (non-hydrogen) atoms. The Hall–Kier alpha value is -2.13. The van der Waals surface area contributed by atoms with Gasteiger partial charge in [-0.3, -0.25) is 4.79 Å². The molecule has 2 rings (SSSR count). The van der Waals surface area contributed by atoms with E-state index < -0.39 is 6.04 Å². The quantitative estimate of drug-likeness (QED) is 0.853. The molecule has 98 valence electrons. The molecule has 3 nitrogen and oxygen atoms in total. The van der Waals surface area contributed by atoms with Crippen molar-refractivity contribution in [2.24, 2.45) is 5.73 Å². The molecule has 0 radical (unpaired) electrons. The predicted octanol–water partition coefficient (Wildman–Crippen LogP) is 2.64. The second-order valence-electron chi connectivity index (χ2n) is 4.69. The zero-order valence-electron chi connectivity index (χ0n) is 11.2. The monoisotopic (exact) mass is 254 g/mol. The largest absolute Gasteiger partial charge is 0.378 e. The molecule has 2 aromatic rings. The van der Waals surface area contributed by atoms with Gasteiger partial charge in [-0.2, -0.15) is 0 Å². The van der Waals surface area contributed by atoms with Crippen LogP contribution in [0.5, 0.6) is 0 Å². The minimum atomic E-state index is -0.605. The summed E-state index contributed by atoms with van der Waals surface area (Å²) < 4.78 is 0. The van der Waals surface area contributed by atoms with Crippen LogP contribution in [0.3, 0.4) is 0 Å². The van der Waals surface area contributed by atoms with E-state index in [0.29, 0.717) is 5.56 Å². The van der Waals surface area contributed by atoms with Crippen LogP contribution in [-0.4, -0.2) is 19.9 Å². The van der Waals surface area contributed by atoms with E-state index >= 15 is 0 Å². The molecule has 0 bridgehead atoms. The fourth-order valence-electron chi connectivity index (χ4n) is 1.92. The molecule has 0 aliphatic rings. The molecule has 1 atom stereocenters. The van der Waals surface area contributed by atoms with Crippen LogP contribution in [0, 0.1) is 0 Å². The average Bonchev–Trinajstić information content (AvgIpc) is 2.46. The van der Waals surface area contributed by atoms with Crippen LogP contribution in [0.1, 0.15) is 22.0 Å². The van der Waals surface area contributed by atoms with E-state index in [1.54, 1.807) is 0 Å². The highest BCUT2D eigenvalue weighted by Crippen LogP contribution is 2.18. The van der Waals surface area contributed by atoms with E-state index in [4.69, 9.17) is 5.73 Å². The molecule has 0 saturated carbocycles. The van der Waals surface area contributed by atoms with Crippen LogP contribution < -0.4 is 10.6 Å². The summed E-state index contributed by atoms with van der Waals surface area (Å²) in [4.78, 5) is 14.3. The second-order valence-corrected chi connectivity index (χ2v) is 4.69. The second kappa shape index (κ2) is 5.67. The van der Waals surface area contributed by atoms with Crippen LogP contribution in [0.15, 0.2) is 54.6 Å². The lowest BCUT2D eigenvalue weighted by molar-refractivity contribution is 0.0961. The van der Waals surface area contributed by atoms with Crippen molar-refractivity contribution < 1.29 is 4.79 Å². The van der Waals surface area contributed by atoms with Gasteiger partial charge in [-0.1, -0.05) is 30.3 Å². The van der Waals surface area contributed by atoms with E-state index in [0.717, 1.165) is 11.3 Å². The van der Waals surface area contributed by atoms with Crippen LogP contribution >= 0.6 is 0 Å². The molecule has 3 heteroatoms. The lowest BCUT2D eigenvalue weighted by atomic mass is 9.98. The van der Waals surface area contributed by atoms with E-state index in [1.807, 2.05) is 73.6 Å². The van der Waals surface area contributed by atoms with Crippen molar-refractivity contribution in [1.29, 1.82) is 0 Å². The summed E-state index contributed by atoms with van der Waals surface area (Å²) in [5.41, 5.74) is 8.55. The summed E-state index contributed by atoms with van der Waals surface area (Å²) >= 11 is 0. The third-order valence-corrected chi connectivity index (χ3v) is 3.11. The van der Waals surface area contributed by atoms with E-state index in [9.17, 15) is 4.79 Å². The molecular formula is C16H18N2O. The number of nitrogens with zero attached hydrogens (tertiary/aromatic N) is 1. The smallest absolute Gasteiger partial charge is 0.184 e. The van der Waals surface area contributed by atoms with Gasteiger partial charge in [0.2, 0.25) is 0 Å². The Bertz CT molecular complexity index is 547. The molecule has 0 saturated heterocycles. The molecule has 0 fully saturated rings. The van der Waals surface area contributed by atoms with E-state index in [-0.39, 0.29) is 5.78 Å². The highest BCUT2D eigenvalue weighted by atomic mass is 16.1. The number of benzene rings is 2. The van der Waals surface area contributed by atoms with Crippen molar-refractivity contribution >= 4 is 11.5 Å². The van der Waals surface area contributed by atoms with Gasteiger partial charge in [0.05, 0.1) is 6.04 Å². The lowest BCUT2D eigenvalue weighted by Gasteiger charge is -2.14. The molecule has 0 aliphatic heterocycles. The Kier molecular flexibility index (Phi) is 3.97. The topological polar surface area (TPSA) is 46.3 Å². The fourth-order valence-corrected chi connectivity index (χ4v) is 1.92. The molecule has 0 spiro atoms. The van der Waals surface area contributed by atoms with Gasteiger partial charge in [-0.25, -0.2) is 0 Å². The van der Waals surface area contributed by atoms with Crippen molar-refractivity contribution in [1.82, 2.24) is 0 Å². The van der Waals surface area contributed by atoms with Gasteiger partial charge in [0.15, 0.2) is 5.78 Å². The highest BCUT2D eigenvalue weighted by molar-refractivity contribution is 6.00. The maximum atomic E-state index is 12.3. The van der Waals surface area contributed by atoms with Crippen molar-refractivity contribution in [2.75, 3.05) is 19.0 Å². The van der Waals surface area contributed by atoms with E-state index in [2.05, 4.69) is 0 Å². The zero-order valence-corrected chi connectivity index (χ0v) is 11.2. The van der Waals surface area contributed by atoms with Crippen molar-refractivity contribution in [2.45, 2.75) is 6.04 Å². The number of hydrogen-bond acceptors (Lipinski definition) is 3. The third kappa shape index (κ3) is 3.01. The van der Waals surface area contributed by atoms with Crippen LogP contribution in [0.2, 0.25) is 0 Å². The molecule has 2 aromatic carbocycles. The molecule has 0 heterocycles. The Balaban J connectivity index is 2.20. The van der Waals surface area contributed by atoms with Crippen molar-refractivity contribution in [3.8, 4) is 0 Å². The summed E-state index contributed by atoms with van der Waals surface area (Å²) in [5, 5.41) is 0. The standard InChI is InChI=1S/C16H18N2O/c1-18(2)14-10-8-13(9-11-14)16(19)15(17)12-6-4-3-5-7-12/h3-11,15H,17H2,1-2H3/t15-/m0/s1. The zero-order chi connectivity index (χ0) is 13.8. The summed E-state index contributed by atoms with van der Waals surface area (Å²) in [7, 11) is 3.93. The Morgan fingerprint density at radius 3 is 2.11 bits per heavy atom. The van der Waals surface area contributed by atoms with Gasteiger partial charge in [-0.05, 0) is 29.8 Å². The molecule has 0 aromatic heterocycles. The third-order valence-electron chi connectivity index (χ3n) is 3.11. The Morgan fingerprint density at radius 2 is 1.58 bits per heavy atom. The van der Waals surface area contributed by atoms with E-state index in [1.165, 1.54) is 0 Å². The Labute approximate surface area is 113 Å². The number of carbonyl (C=O) groups is 1. The summed E-state index contributed by atoms with van der Waals surface area (Å²) in [6.45, 7) is 0. The maximum Gasteiger partial charge on any atom is 0.184 e. The first kappa shape index (κ1) is 13.3. The minimum absolute atomic E-state index is 0.0588. The number of ketones is 1. The minimum Gasteiger partial charge on any atom is -0.378 e. The first-order chi connectivity index (χ1) is 9.09. The molecule has 2 N–H and O–H groups in total. The first-order valence-corrected chi connectivity index (χ1v) is 6.21. The fraction of sp³-hybridized carbons (Fsp3) is 0.188. The highest BCUT2D eigenvalue weighted by Gasteiger charge is 2.17. The van der Waals surface area contributed by atoms with Gasteiger partial charge >= 0.3 is 0 Å². The molecular weight excluding hydrogens is 236 g/mol. The van der Waals surface area contributed by atoms with Crippen molar-refractivity contribution in [3.05, 3.63) is 65.7 Å². The summed E-state index contributed by atoms with van der Waals surface area (Å²) in [6, 6.07) is 16.3. The number of nitrogens with two attached hydrogens (primary N) is 1. The summed E-state index contributed by atoms with van der Waals surface area (Å²) in [5.74, 6) is -0.0588. The number of hydrogen-bond donors (Lipinski definition) is 1. The van der Waals surface area contributed by atoms with Gasteiger partial charge in [-0.15, -0.1) is 0 Å². The Morgan fingerprint density at radius 1 is 1.00 bits per heavy atom. The van der Waals surface area contributed by atoms with Gasteiger partial charge in [0, 0.05) is 25.3 Å². The molecule has 0 amide bonds. The predicted molar refractivity (Wildman–Crippen MR) is 78.5 cm³/mol. The number of anilines is 1. The summed E-state index contributed by atoms with van der Waals surface area (Å²) in [6.07, 6.45) is 0. The van der Waals surface area contributed by atoms with Gasteiger partial charge < -0.3 is 10.6 Å². The van der Waals surface area contributed by atoms with Crippen LogP contribution in [0.4, 0.5) is 5.69 Å². The van der Waals surface area contributed by atoms with Crippen LogP contribution in [0.25, 0.3) is 0 Å². The van der Waals surface area contributed by atoms with Gasteiger partial charge in [0.1, 0.15) is 0 Å². The van der Waals surface area contributed by atoms with Gasteiger partial charge in [0.25, 0.3) is 0 Å². The normalized spacial score (nSPS) is 11.9. The van der Waals surface area contributed by atoms with Crippen LogP contribution in [-0.2, 0) is 0 Å².